The highest BCUT2D eigenvalue weighted by Gasteiger charge is 2.25. The van der Waals surface area contributed by atoms with Gasteiger partial charge in [0.15, 0.2) is 0 Å². The molecule has 166 valence electrons. The molecule has 2 rings (SSSR count). The maximum Gasteiger partial charge on any atom is 0.408 e. The summed E-state index contributed by atoms with van der Waals surface area (Å²) in [7, 11) is 0. The fourth-order valence-electron chi connectivity index (χ4n) is 2.64. The third-order valence-corrected chi connectivity index (χ3v) is 4.31. The predicted molar refractivity (Wildman–Crippen MR) is 118 cm³/mol. The van der Waals surface area contributed by atoms with Gasteiger partial charge in [-0.2, -0.15) is 0 Å². The largest absolute Gasteiger partial charge is 0.444 e. The molecule has 0 saturated carbocycles. The van der Waals surface area contributed by atoms with Crippen LogP contribution in [0.2, 0.25) is 5.02 Å². The quantitative estimate of drug-likeness (QED) is 0.579. The van der Waals surface area contributed by atoms with E-state index < -0.39 is 35.4 Å². The fourth-order valence-corrected chi connectivity index (χ4v) is 2.90. The first-order chi connectivity index (χ1) is 14.5. The first kappa shape index (κ1) is 24.1. The summed E-state index contributed by atoms with van der Waals surface area (Å²) in [4.78, 5) is 37.5. The maximum atomic E-state index is 13.4. The van der Waals surface area contributed by atoms with Crippen LogP contribution in [0.4, 0.5) is 20.6 Å². The second kappa shape index (κ2) is 10.3. The standard InChI is InChI=1S/C22H25ClFN3O4/c1-5-16(27-21(30)31-22(2,3)4)19(28)26-17-11-7-10-15(23)18(17)20(29)25-14-9-6-8-13(24)12-14/h6-12,16H,5H2,1-4H3,(H,25,29)(H,26,28)(H,27,30)/t16-/m0/s1. The summed E-state index contributed by atoms with van der Waals surface area (Å²) in [6, 6.07) is 9.05. The van der Waals surface area contributed by atoms with Crippen molar-refractivity contribution in [2.24, 2.45) is 0 Å². The molecule has 0 bridgehead atoms. The number of hydrogen-bond donors (Lipinski definition) is 3. The van der Waals surface area contributed by atoms with E-state index in [1.54, 1.807) is 33.8 Å². The number of amides is 3. The van der Waals surface area contributed by atoms with Crippen molar-refractivity contribution in [2.75, 3.05) is 10.6 Å². The normalized spacial score (nSPS) is 11.9. The average molecular weight is 450 g/mol. The average Bonchev–Trinajstić information content (AvgIpc) is 2.64. The lowest BCUT2D eigenvalue weighted by atomic mass is 10.1. The van der Waals surface area contributed by atoms with E-state index in [2.05, 4.69) is 16.0 Å². The van der Waals surface area contributed by atoms with E-state index in [-0.39, 0.29) is 28.4 Å². The topological polar surface area (TPSA) is 96.5 Å². The number of alkyl carbamates (subject to hydrolysis) is 1. The van der Waals surface area contributed by atoms with E-state index in [9.17, 15) is 18.8 Å². The van der Waals surface area contributed by atoms with Gasteiger partial charge in [-0.15, -0.1) is 0 Å². The van der Waals surface area contributed by atoms with Crippen molar-refractivity contribution in [1.29, 1.82) is 0 Å². The molecule has 0 aliphatic carbocycles. The Morgan fingerprint density at radius 3 is 2.39 bits per heavy atom. The Morgan fingerprint density at radius 2 is 1.77 bits per heavy atom. The van der Waals surface area contributed by atoms with Gasteiger partial charge in [-0.05, 0) is 57.5 Å². The fraction of sp³-hybridized carbons (Fsp3) is 0.318. The molecule has 0 radical (unpaired) electrons. The van der Waals surface area contributed by atoms with Crippen molar-refractivity contribution in [3.8, 4) is 0 Å². The maximum absolute atomic E-state index is 13.4. The van der Waals surface area contributed by atoms with Crippen LogP contribution in [-0.2, 0) is 9.53 Å². The highest BCUT2D eigenvalue weighted by molar-refractivity contribution is 6.35. The van der Waals surface area contributed by atoms with Gasteiger partial charge in [0, 0.05) is 5.69 Å². The number of rotatable bonds is 6. The number of benzene rings is 2. The van der Waals surface area contributed by atoms with Gasteiger partial charge in [0.05, 0.1) is 16.3 Å². The minimum atomic E-state index is -0.895. The van der Waals surface area contributed by atoms with Gasteiger partial charge in [0.2, 0.25) is 5.91 Å². The van der Waals surface area contributed by atoms with Crippen molar-refractivity contribution in [2.45, 2.75) is 45.8 Å². The van der Waals surface area contributed by atoms with Crippen LogP contribution in [0.15, 0.2) is 42.5 Å². The van der Waals surface area contributed by atoms with Gasteiger partial charge >= 0.3 is 6.09 Å². The number of ether oxygens (including phenoxy) is 1. The van der Waals surface area contributed by atoms with Crippen LogP contribution in [-0.4, -0.2) is 29.6 Å². The Labute approximate surface area is 185 Å². The highest BCUT2D eigenvalue weighted by atomic mass is 35.5. The molecular weight excluding hydrogens is 425 g/mol. The SMILES string of the molecule is CC[C@H](NC(=O)OC(C)(C)C)C(=O)Nc1cccc(Cl)c1C(=O)Nc1cccc(F)c1. The number of hydrogen-bond acceptors (Lipinski definition) is 4. The summed E-state index contributed by atoms with van der Waals surface area (Å²) in [6.45, 7) is 6.85. The monoisotopic (exact) mass is 449 g/mol. The number of carbonyl (C=O) groups excluding carboxylic acids is 3. The molecule has 0 spiro atoms. The van der Waals surface area contributed by atoms with Gasteiger partial charge in [-0.1, -0.05) is 30.7 Å². The van der Waals surface area contributed by atoms with Crippen LogP contribution in [0, 0.1) is 5.82 Å². The lowest BCUT2D eigenvalue weighted by Crippen LogP contribution is -2.45. The molecule has 0 unspecified atom stereocenters. The van der Waals surface area contributed by atoms with Crippen LogP contribution in [0.3, 0.4) is 0 Å². The Morgan fingerprint density at radius 1 is 1.10 bits per heavy atom. The van der Waals surface area contributed by atoms with E-state index in [1.807, 2.05) is 0 Å². The van der Waals surface area contributed by atoms with Gasteiger partial charge in [-0.25, -0.2) is 9.18 Å². The first-order valence-corrected chi connectivity index (χ1v) is 10.0. The summed E-state index contributed by atoms with van der Waals surface area (Å²) >= 11 is 6.20. The Hall–Kier alpha value is -3.13. The second-order valence-electron chi connectivity index (χ2n) is 7.72. The molecule has 2 aromatic rings. The molecule has 0 aromatic heterocycles. The summed E-state index contributed by atoms with van der Waals surface area (Å²) in [5, 5.41) is 7.77. The lowest BCUT2D eigenvalue weighted by molar-refractivity contribution is -0.118. The molecule has 1 atom stereocenters. The Balaban J connectivity index is 2.19. The van der Waals surface area contributed by atoms with Crippen molar-refractivity contribution in [3.05, 3.63) is 58.9 Å². The van der Waals surface area contributed by atoms with Crippen molar-refractivity contribution >= 4 is 40.9 Å². The third kappa shape index (κ3) is 7.25. The smallest absolute Gasteiger partial charge is 0.408 e. The van der Waals surface area contributed by atoms with Crippen molar-refractivity contribution in [3.63, 3.8) is 0 Å². The van der Waals surface area contributed by atoms with E-state index >= 15 is 0 Å². The van der Waals surface area contributed by atoms with Crippen LogP contribution < -0.4 is 16.0 Å². The van der Waals surface area contributed by atoms with Crippen molar-refractivity contribution in [1.82, 2.24) is 5.32 Å². The molecule has 0 aliphatic heterocycles. The van der Waals surface area contributed by atoms with E-state index in [1.165, 1.54) is 30.3 Å². The van der Waals surface area contributed by atoms with Crippen LogP contribution >= 0.6 is 11.6 Å². The minimum Gasteiger partial charge on any atom is -0.444 e. The lowest BCUT2D eigenvalue weighted by Gasteiger charge is -2.23. The zero-order chi connectivity index (χ0) is 23.2. The molecule has 9 heteroatoms. The third-order valence-electron chi connectivity index (χ3n) is 4.00. The van der Waals surface area contributed by atoms with Crippen LogP contribution in [0.1, 0.15) is 44.5 Å². The van der Waals surface area contributed by atoms with E-state index in [4.69, 9.17) is 16.3 Å². The Bertz CT molecular complexity index is 975. The summed E-state index contributed by atoms with van der Waals surface area (Å²) in [5.41, 5.74) is -0.321. The second-order valence-corrected chi connectivity index (χ2v) is 8.13. The van der Waals surface area contributed by atoms with Crippen molar-refractivity contribution < 1.29 is 23.5 Å². The molecule has 7 nitrogen and oxygen atoms in total. The molecule has 0 aliphatic rings. The molecule has 2 aromatic carbocycles. The summed E-state index contributed by atoms with van der Waals surface area (Å²) in [5.74, 6) is -1.68. The summed E-state index contributed by atoms with van der Waals surface area (Å²) in [6.07, 6.45) is -0.444. The molecule has 0 fully saturated rings. The van der Waals surface area contributed by atoms with Gasteiger partial charge in [0.25, 0.3) is 5.91 Å². The number of anilines is 2. The number of nitrogens with one attached hydrogen (secondary N) is 3. The predicted octanol–water partition coefficient (Wildman–Crippen LogP) is 4.97. The van der Waals surface area contributed by atoms with Crippen LogP contribution in [0.25, 0.3) is 0 Å². The number of carbonyl (C=O) groups is 3. The van der Waals surface area contributed by atoms with E-state index in [0.29, 0.717) is 0 Å². The summed E-state index contributed by atoms with van der Waals surface area (Å²) < 4.78 is 18.6. The Kier molecular flexibility index (Phi) is 7.99. The van der Waals surface area contributed by atoms with Gasteiger partial charge in [0.1, 0.15) is 17.5 Å². The molecular formula is C22H25ClFN3O4. The zero-order valence-corrected chi connectivity index (χ0v) is 18.5. The first-order valence-electron chi connectivity index (χ1n) is 9.66. The van der Waals surface area contributed by atoms with Crippen LogP contribution in [0.5, 0.6) is 0 Å². The molecule has 0 heterocycles. The highest BCUT2D eigenvalue weighted by Crippen LogP contribution is 2.26. The molecule has 0 saturated heterocycles. The van der Waals surface area contributed by atoms with Gasteiger partial charge < -0.3 is 20.7 Å². The molecule has 31 heavy (non-hydrogen) atoms. The van der Waals surface area contributed by atoms with Gasteiger partial charge in [-0.3, -0.25) is 9.59 Å². The number of halogens is 2. The molecule has 3 N–H and O–H groups in total. The zero-order valence-electron chi connectivity index (χ0n) is 17.7. The minimum absolute atomic E-state index is 0.00824. The van der Waals surface area contributed by atoms with E-state index in [0.717, 1.165) is 6.07 Å². The molecule has 3 amide bonds.